The van der Waals surface area contributed by atoms with Crippen molar-refractivity contribution >= 4 is 45.2 Å². The van der Waals surface area contributed by atoms with E-state index in [1.807, 2.05) is 0 Å². The number of benzene rings is 1. The number of nitrogens with one attached hydrogen (secondary N) is 1. The largest absolute Gasteiger partial charge is 0.416 e. The smallest absolute Gasteiger partial charge is 0.360 e. The van der Waals surface area contributed by atoms with Crippen molar-refractivity contribution in [3.05, 3.63) is 75.1 Å². The summed E-state index contributed by atoms with van der Waals surface area (Å²) < 4.78 is 77.5. The minimum Gasteiger partial charge on any atom is -0.360 e. The van der Waals surface area contributed by atoms with Crippen LogP contribution in [-0.2, 0) is 21.6 Å². The molecule has 0 radical (unpaired) electrons. The number of fused-ring (bicyclic) bond motifs is 3. The van der Waals surface area contributed by atoms with Crippen LogP contribution in [0.25, 0.3) is 28.7 Å². The Labute approximate surface area is 283 Å². The molecule has 10 nitrogen and oxygen atoms in total. The number of amides is 1. The number of hydrogen-bond donors (Lipinski definition) is 1. The predicted molar refractivity (Wildman–Crippen MR) is 170 cm³/mol. The quantitative estimate of drug-likeness (QED) is 0.192. The molecule has 3 heterocycles. The molecule has 0 aliphatic heterocycles. The van der Waals surface area contributed by atoms with Crippen LogP contribution in [0.1, 0.15) is 90.4 Å². The Morgan fingerprint density at radius 1 is 1.00 bits per heavy atom. The third kappa shape index (κ3) is 6.25. The number of nitrogens with zero attached hydrogens (tertiary/aromatic N) is 4. The number of allylic oxidation sites excluding steroid dienone is 1. The number of carbonyl (C=O) groups excluding carboxylic acids is 1. The first-order valence-electron chi connectivity index (χ1n) is 15.2. The lowest BCUT2D eigenvalue weighted by atomic mass is 9.53. The third-order valence-electron chi connectivity index (χ3n) is 9.64. The number of pyridine rings is 1. The van der Waals surface area contributed by atoms with Gasteiger partial charge in [-0.2, -0.15) is 18.2 Å². The van der Waals surface area contributed by atoms with Crippen molar-refractivity contribution in [2.24, 2.45) is 5.41 Å². The molecule has 48 heavy (non-hydrogen) atoms. The Morgan fingerprint density at radius 3 is 2.27 bits per heavy atom. The molecule has 252 valence electrons. The zero-order valence-electron chi connectivity index (χ0n) is 25.4. The molecule has 4 aromatic rings. The second-order valence-corrected chi connectivity index (χ2v) is 15.5. The minimum absolute atomic E-state index is 0.102. The highest BCUT2D eigenvalue weighted by Crippen LogP contribution is 2.58. The number of hydrogen-bond acceptors (Lipinski definition) is 9. The molecule has 4 fully saturated rings. The lowest BCUT2D eigenvalue weighted by Gasteiger charge is -2.50. The van der Waals surface area contributed by atoms with E-state index in [1.165, 1.54) is 12.4 Å². The molecular formula is C32H28Cl2F3N5O5S. The van der Waals surface area contributed by atoms with Gasteiger partial charge in [0.15, 0.2) is 0 Å². The molecule has 4 aliphatic carbocycles. The molecule has 1 aromatic carbocycles. The summed E-state index contributed by atoms with van der Waals surface area (Å²) in [7, 11) is -4.01. The fraction of sp³-hybridized carbons (Fsp3) is 0.406. The monoisotopic (exact) mass is 721 g/mol. The maximum absolute atomic E-state index is 13.7. The highest BCUT2D eigenvalue weighted by atomic mass is 35.5. The summed E-state index contributed by atoms with van der Waals surface area (Å²) in [6, 6.07) is 2.50. The number of carbonyl (C=O) groups is 1. The van der Waals surface area contributed by atoms with Crippen molar-refractivity contribution in [2.75, 3.05) is 6.26 Å². The highest BCUT2D eigenvalue weighted by molar-refractivity contribution is 7.89. The summed E-state index contributed by atoms with van der Waals surface area (Å²) in [6.07, 6.45) is 9.90. The molecule has 16 heteroatoms. The van der Waals surface area contributed by atoms with Gasteiger partial charge in [-0.15, -0.1) is 0 Å². The summed E-state index contributed by atoms with van der Waals surface area (Å²) in [5.41, 5.74) is -0.315. The molecule has 1 amide bonds. The molecule has 8 rings (SSSR count). The van der Waals surface area contributed by atoms with E-state index >= 15 is 0 Å². The molecule has 0 saturated heterocycles. The van der Waals surface area contributed by atoms with Crippen LogP contribution in [0.5, 0.6) is 0 Å². The van der Waals surface area contributed by atoms with Crippen LogP contribution in [0.3, 0.4) is 0 Å². The first-order valence-corrected chi connectivity index (χ1v) is 17.9. The normalized spacial score (nSPS) is 22.8. The molecule has 4 saturated carbocycles. The van der Waals surface area contributed by atoms with Gasteiger partial charge >= 0.3 is 6.18 Å². The van der Waals surface area contributed by atoms with Crippen LogP contribution < -0.4 is 4.72 Å². The van der Waals surface area contributed by atoms with Gasteiger partial charge < -0.3 is 9.05 Å². The van der Waals surface area contributed by atoms with E-state index in [1.54, 1.807) is 4.72 Å². The van der Waals surface area contributed by atoms with E-state index in [0.717, 1.165) is 81.1 Å². The van der Waals surface area contributed by atoms with Crippen LogP contribution in [0.2, 0.25) is 10.0 Å². The average molecular weight is 723 g/mol. The lowest BCUT2D eigenvalue weighted by Crippen LogP contribution is -2.43. The summed E-state index contributed by atoms with van der Waals surface area (Å²) in [4.78, 5) is 21.0. The number of sulfonamides is 1. The lowest BCUT2D eigenvalue weighted by molar-refractivity contribution is -0.137. The summed E-state index contributed by atoms with van der Waals surface area (Å²) in [5.74, 6) is 0.107. The van der Waals surface area contributed by atoms with E-state index < -0.39 is 38.6 Å². The van der Waals surface area contributed by atoms with Gasteiger partial charge in [0.05, 0.1) is 21.9 Å². The molecule has 0 spiro atoms. The van der Waals surface area contributed by atoms with Crippen molar-refractivity contribution in [2.45, 2.75) is 68.9 Å². The van der Waals surface area contributed by atoms with Gasteiger partial charge in [-0.3, -0.25) is 9.78 Å². The van der Waals surface area contributed by atoms with Crippen molar-refractivity contribution in [3.63, 3.8) is 0 Å². The summed E-state index contributed by atoms with van der Waals surface area (Å²) in [6.45, 7) is 0. The van der Waals surface area contributed by atoms with Gasteiger partial charge in [0.1, 0.15) is 11.5 Å². The second kappa shape index (κ2) is 11.7. The zero-order chi connectivity index (χ0) is 34.1. The van der Waals surface area contributed by atoms with Gasteiger partial charge in [-0.1, -0.05) is 45.7 Å². The van der Waals surface area contributed by atoms with Gasteiger partial charge in [0.25, 0.3) is 5.91 Å². The highest BCUT2D eigenvalue weighted by Gasteiger charge is 2.51. The molecule has 3 aromatic heterocycles. The maximum atomic E-state index is 13.7. The van der Waals surface area contributed by atoms with Crippen LogP contribution in [0.15, 0.2) is 45.7 Å². The topological polar surface area (TPSA) is 141 Å². The maximum Gasteiger partial charge on any atom is 0.416 e. The number of aromatic nitrogens is 4. The molecule has 1 N–H and O–H groups in total. The van der Waals surface area contributed by atoms with E-state index in [2.05, 4.69) is 32.4 Å². The fourth-order valence-electron chi connectivity index (χ4n) is 6.81. The zero-order valence-corrected chi connectivity index (χ0v) is 27.7. The molecule has 0 atom stereocenters. The second-order valence-electron chi connectivity index (χ2n) is 13.0. The van der Waals surface area contributed by atoms with Crippen LogP contribution in [-0.4, -0.2) is 40.9 Å². The standard InChI is InChI=1S/C32H28Cl2F3N5O5S/c1-48(44,45)42-28(43)19-12-18(13-20(14-19)32(35,36)37)27-39-29(47-41-27)31-9-6-30(7-10-31,8-11-31)5-4-21-25(40-46-26(21)17-2-3-17)24-22(33)15-38-16-23(24)34/h4-5,12-17H,2-3,6-11H2,1H3,(H,42,43)/b5-4+. The number of halogens is 5. The van der Waals surface area contributed by atoms with Crippen molar-refractivity contribution < 1.29 is 35.4 Å². The molecular weight excluding hydrogens is 694 g/mol. The third-order valence-corrected chi connectivity index (χ3v) is 10.8. The predicted octanol–water partition coefficient (Wildman–Crippen LogP) is 7.98. The van der Waals surface area contributed by atoms with Crippen LogP contribution >= 0.6 is 23.2 Å². The first kappa shape index (κ1) is 32.8. The molecule has 2 bridgehead atoms. The number of rotatable bonds is 8. The van der Waals surface area contributed by atoms with Gasteiger partial charge in [0, 0.05) is 46.0 Å². The van der Waals surface area contributed by atoms with E-state index in [9.17, 15) is 26.4 Å². The fourth-order valence-corrected chi connectivity index (χ4v) is 7.81. The van der Waals surface area contributed by atoms with Crippen LogP contribution in [0.4, 0.5) is 13.2 Å². The SMILES string of the molecule is CS(=O)(=O)NC(=O)c1cc(-c2noc(C34CCC(/C=C/c5c(-c6c(Cl)cncc6Cl)noc5C5CC5)(CC3)CC4)n2)cc(C(F)(F)F)c1. The Kier molecular flexibility index (Phi) is 7.99. The molecule has 0 unspecified atom stereocenters. The Balaban J connectivity index is 1.13. The summed E-state index contributed by atoms with van der Waals surface area (Å²) >= 11 is 12.9. The number of alkyl halides is 3. The Hall–Kier alpha value is -3.75. The van der Waals surface area contributed by atoms with Crippen LogP contribution in [0, 0.1) is 5.41 Å². The van der Waals surface area contributed by atoms with Gasteiger partial charge in [-0.05, 0) is 75.0 Å². The van der Waals surface area contributed by atoms with E-state index in [0.29, 0.717) is 39.2 Å². The minimum atomic E-state index is -4.81. The van der Waals surface area contributed by atoms with Crippen molar-refractivity contribution in [1.82, 2.24) is 25.0 Å². The average Bonchev–Trinajstić information content (AvgIpc) is 3.59. The van der Waals surface area contributed by atoms with E-state index in [-0.39, 0.29) is 16.8 Å². The van der Waals surface area contributed by atoms with Crippen molar-refractivity contribution in [1.29, 1.82) is 0 Å². The van der Waals surface area contributed by atoms with Crippen molar-refractivity contribution in [3.8, 4) is 22.6 Å². The Morgan fingerprint density at radius 2 is 1.67 bits per heavy atom. The first-order chi connectivity index (χ1) is 22.7. The van der Waals surface area contributed by atoms with E-state index in [4.69, 9.17) is 32.2 Å². The summed E-state index contributed by atoms with van der Waals surface area (Å²) in [5, 5.41) is 9.10. The Bertz CT molecular complexity index is 2030. The van der Waals surface area contributed by atoms with Gasteiger partial charge in [0.2, 0.25) is 21.7 Å². The van der Waals surface area contributed by atoms with Gasteiger partial charge in [-0.25, -0.2) is 13.1 Å². The molecule has 4 aliphatic rings.